The fraction of sp³-hybridized carbons (Fsp3) is 0.450. The zero-order valence-electron chi connectivity index (χ0n) is 13.4. The Morgan fingerprint density at radius 1 is 1.09 bits per heavy atom. The molecule has 0 atom stereocenters. The van der Waals surface area contributed by atoms with Gasteiger partial charge in [-0.05, 0) is 37.5 Å². The number of hydrogen-bond acceptors (Lipinski definition) is 2. The standard InChI is InChI=1S/C20H24O2/c1-3-5-6-7-8-9-10-11-12-18-13-15-19(16-14-18)17-20(21)22-4-2/h1,13-16H,4-10,17H2,2H3. The highest BCUT2D eigenvalue weighted by atomic mass is 16.5. The van der Waals surface area contributed by atoms with Crippen molar-refractivity contribution in [2.24, 2.45) is 0 Å². The molecule has 0 fully saturated rings. The van der Waals surface area contributed by atoms with E-state index in [4.69, 9.17) is 11.2 Å². The Labute approximate surface area is 134 Å². The van der Waals surface area contributed by atoms with Gasteiger partial charge >= 0.3 is 5.97 Å². The first-order chi connectivity index (χ1) is 10.8. The number of rotatable bonds is 8. The van der Waals surface area contributed by atoms with E-state index in [-0.39, 0.29) is 5.97 Å². The molecule has 1 aromatic carbocycles. The van der Waals surface area contributed by atoms with Gasteiger partial charge in [-0.25, -0.2) is 0 Å². The predicted molar refractivity (Wildman–Crippen MR) is 90.2 cm³/mol. The second-order valence-corrected chi connectivity index (χ2v) is 5.10. The summed E-state index contributed by atoms with van der Waals surface area (Å²) in [5.41, 5.74) is 1.94. The van der Waals surface area contributed by atoms with Crippen molar-refractivity contribution in [3.63, 3.8) is 0 Å². The van der Waals surface area contributed by atoms with Crippen molar-refractivity contribution < 1.29 is 9.53 Å². The van der Waals surface area contributed by atoms with Crippen molar-refractivity contribution in [2.45, 2.75) is 51.9 Å². The van der Waals surface area contributed by atoms with E-state index in [0.29, 0.717) is 13.0 Å². The Kier molecular flexibility index (Phi) is 9.31. The van der Waals surface area contributed by atoms with Crippen LogP contribution in [0.15, 0.2) is 24.3 Å². The molecule has 1 aromatic rings. The lowest BCUT2D eigenvalue weighted by Crippen LogP contribution is -2.07. The number of unbranched alkanes of at least 4 members (excludes halogenated alkanes) is 5. The molecule has 0 unspecified atom stereocenters. The SMILES string of the molecule is C#CCCCCCCC#Cc1ccc(CC(=O)OCC)cc1. The van der Waals surface area contributed by atoms with Gasteiger partial charge in [0.2, 0.25) is 0 Å². The average Bonchev–Trinajstić information content (AvgIpc) is 2.52. The predicted octanol–water partition coefficient (Wildman–Crippen LogP) is 4.12. The maximum atomic E-state index is 11.4. The fourth-order valence-corrected chi connectivity index (χ4v) is 2.04. The van der Waals surface area contributed by atoms with Gasteiger partial charge in [0.1, 0.15) is 0 Å². The van der Waals surface area contributed by atoms with Crippen LogP contribution < -0.4 is 0 Å². The summed E-state index contributed by atoms with van der Waals surface area (Å²) in [6, 6.07) is 7.77. The van der Waals surface area contributed by atoms with E-state index in [2.05, 4.69) is 17.8 Å². The van der Waals surface area contributed by atoms with Gasteiger partial charge in [-0.1, -0.05) is 36.8 Å². The first-order valence-electron chi connectivity index (χ1n) is 7.93. The maximum absolute atomic E-state index is 11.4. The van der Waals surface area contributed by atoms with E-state index in [9.17, 15) is 4.79 Å². The Balaban J connectivity index is 2.28. The number of carbonyl (C=O) groups is 1. The molecule has 0 spiro atoms. The first-order valence-corrected chi connectivity index (χ1v) is 7.93. The molecule has 0 amide bonds. The molecule has 2 nitrogen and oxygen atoms in total. The molecule has 0 aliphatic carbocycles. The van der Waals surface area contributed by atoms with Crippen molar-refractivity contribution in [3.8, 4) is 24.2 Å². The van der Waals surface area contributed by atoms with Gasteiger partial charge in [-0.15, -0.1) is 12.3 Å². The Bertz CT molecular complexity index is 538. The minimum Gasteiger partial charge on any atom is -0.466 e. The van der Waals surface area contributed by atoms with E-state index < -0.39 is 0 Å². The highest BCUT2D eigenvalue weighted by Crippen LogP contribution is 2.06. The average molecular weight is 296 g/mol. The first kappa shape index (κ1) is 17.9. The van der Waals surface area contributed by atoms with Crippen LogP contribution in [0, 0.1) is 24.2 Å². The van der Waals surface area contributed by atoms with Crippen LogP contribution in [0.25, 0.3) is 0 Å². The molecule has 0 saturated carbocycles. The van der Waals surface area contributed by atoms with Crippen LogP contribution in [0.4, 0.5) is 0 Å². The minimum atomic E-state index is -0.189. The van der Waals surface area contributed by atoms with Crippen molar-refractivity contribution in [2.75, 3.05) is 6.61 Å². The molecule has 0 aromatic heterocycles. The van der Waals surface area contributed by atoms with E-state index >= 15 is 0 Å². The van der Waals surface area contributed by atoms with Gasteiger partial charge < -0.3 is 4.74 Å². The number of ether oxygens (including phenoxy) is 1. The molecule has 1 rings (SSSR count). The summed E-state index contributed by atoms with van der Waals surface area (Å²) in [6.45, 7) is 2.23. The molecular formula is C20H24O2. The van der Waals surface area contributed by atoms with E-state index in [1.54, 1.807) is 0 Å². The molecule has 0 saturated heterocycles. The highest BCUT2D eigenvalue weighted by Gasteiger charge is 2.02. The van der Waals surface area contributed by atoms with Crippen LogP contribution in [0.1, 0.15) is 56.6 Å². The summed E-state index contributed by atoms with van der Waals surface area (Å²) >= 11 is 0. The number of esters is 1. The second kappa shape index (κ2) is 11.5. The smallest absolute Gasteiger partial charge is 0.310 e. The Hall–Kier alpha value is -2.19. The summed E-state index contributed by atoms with van der Waals surface area (Å²) in [4.78, 5) is 11.4. The summed E-state index contributed by atoms with van der Waals surface area (Å²) in [5.74, 6) is 8.81. The summed E-state index contributed by atoms with van der Waals surface area (Å²) < 4.78 is 4.93. The normalized spacial score (nSPS) is 9.45. The topological polar surface area (TPSA) is 26.3 Å². The summed E-state index contributed by atoms with van der Waals surface area (Å²) in [5, 5.41) is 0. The summed E-state index contributed by atoms with van der Waals surface area (Å²) in [6.07, 6.45) is 11.9. The van der Waals surface area contributed by atoms with Crippen molar-refractivity contribution in [1.29, 1.82) is 0 Å². The largest absolute Gasteiger partial charge is 0.466 e. The molecule has 0 N–H and O–H groups in total. The van der Waals surface area contributed by atoms with Gasteiger partial charge in [0.25, 0.3) is 0 Å². The summed E-state index contributed by atoms with van der Waals surface area (Å²) in [7, 11) is 0. The van der Waals surface area contributed by atoms with Crippen molar-refractivity contribution >= 4 is 5.97 Å². The lowest BCUT2D eigenvalue weighted by molar-refractivity contribution is -0.142. The molecule has 0 bridgehead atoms. The van der Waals surface area contributed by atoms with Gasteiger partial charge in [-0.3, -0.25) is 4.79 Å². The van der Waals surface area contributed by atoms with Crippen LogP contribution in [0.5, 0.6) is 0 Å². The van der Waals surface area contributed by atoms with Gasteiger partial charge in [0.05, 0.1) is 13.0 Å². The van der Waals surface area contributed by atoms with Crippen LogP contribution >= 0.6 is 0 Å². The third-order valence-corrected chi connectivity index (χ3v) is 3.21. The van der Waals surface area contributed by atoms with Crippen molar-refractivity contribution in [3.05, 3.63) is 35.4 Å². The third-order valence-electron chi connectivity index (χ3n) is 3.21. The molecule has 0 aliphatic heterocycles. The molecule has 2 heteroatoms. The lowest BCUT2D eigenvalue weighted by atomic mass is 10.1. The highest BCUT2D eigenvalue weighted by molar-refractivity contribution is 5.72. The molecule has 0 heterocycles. The minimum absolute atomic E-state index is 0.189. The van der Waals surface area contributed by atoms with Crippen LogP contribution in [-0.2, 0) is 16.0 Å². The van der Waals surface area contributed by atoms with Gasteiger partial charge in [0.15, 0.2) is 0 Å². The quantitative estimate of drug-likeness (QED) is 0.410. The number of benzene rings is 1. The lowest BCUT2D eigenvalue weighted by Gasteiger charge is -2.01. The fourth-order valence-electron chi connectivity index (χ4n) is 2.04. The van der Waals surface area contributed by atoms with Gasteiger partial charge in [0, 0.05) is 18.4 Å². The molecule has 116 valence electrons. The van der Waals surface area contributed by atoms with Crippen molar-refractivity contribution in [1.82, 2.24) is 0 Å². The Morgan fingerprint density at radius 3 is 2.41 bits per heavy atom. The number of terminal acetylenes is 1. The van der Waals surface area contributed by atoms with E-state index in [1.165, 1.54) is 12.8 Å². The van der Waals surface area contributed by atoms with Crippen LogP contribution in [-0.4, -0.2) is 12.6 Å². The molecule has 0 radical (unpaired) electrons. The maximum Gasteiger partial charge on any atom is 0.310 e. The van der Waals surface area contributed by atoms with E-state index in [0.717, 1.165) is 36.8 Å². The zero-order valence-corrected chi connectivity index (χ0v) is 13.4. The van der Waals surface area contributed by atoms with Crippen LogP contribution in [0.3, 0.4) is 0 Å². The second-order valence-electron chi connectivity index (χ2n) is 5.10. The van der Waals surface area contributed by atoms with Gasteiger partial charge in [-0.2, -0.15) is 0 Å². The van der Waals surface area contributed by atoms with Crippen LogP contribution in [0.2, 0.25) is 0 Å². The third kappa shape index (κ3) is 8.18. The molecule has 0 aliphatic rings. The molecule has 22 heavy (non-hydrogen) atoms. The van der Waals surface area contributed by atoms with E-state index in [1.807, 2.05) is 31.2 Å². The zero-order chi connectivity index (χ0) is 16.0. The molecular weight excluding hydrogens is 272 g/mol. The monoisotopic (exact) mass is 296 g/mol. The Morgan fingerprint density at radius 2 is 1.77 bits per heavy atom. The number of carbonyl (C=O) groups excluding carboxylic acids is 1. The number of hydrogen-bond donors (Lipinski definition) is 0.